The Kier molecular flexibility index (Phi) is 3.86. The maximum Gasteiger partial charge on any atom is 0.239 e. The maximum absolute atomic E-state index is 11.2. The average molecular weight is 225 g/mol. The van der Waals surface area contributed by atoms with E-state index in [1.54, 1.807) is 18.2 Å². The van der Waals surface area contributed by atoms with Crippen molar-refractivity contribution in [3.8, 4) is 11.8 Å². The Morgan fingerprint density at radius 3 is 2.67 bits per heavy atom. The second-order valence-electron chi connectivity index (χ2n) is 2.78. The van der Waals surface area contributed by atoms with Gasteiger partial charge in [-0.1, -0.05) is 24.0 Å². The first-order valence-corrected chi connectivity index (χ1v) is 5.70. The van der Waals surface area contributed by atoms with Crippen molar-refractivity contribution < 1.29 is 13.2 Å². The van der Waals surface area contributed by atoms with Gasteiger partial charge in [-0.3, -0.25) is 0 Å². The van der Waals surface area contributed by atoms with E-state index in [2.05, 4.69) is 11.8 Å². The molecule has 0 atom stereocenters. The SMILES string of the molecule is COCC#Cc1ccccc1S(N)(=O)=O. The minimum absolute atomic E-state index is 0.0357. The van der Waals surface area contributed by atoms with E-state index in [1.807, 2.05) is 0 Å². The predicted molar refractivity (Wildman–Crippen MR) is 56.6 cm³/mol. The quantitative estimate of drug-likeness (QED) is 0.737. The summed E-state index contributed by atoms with van der Waals surface area (Å²) < 4.78 is 27.1. The van der Waals surface area contributed by atoms with Gasteiger partial charge in [-0.25, -0.2) is 13.6 Å². The van der Waals surface area contributed by atoms with E-state index in [0.29, 0.717) is 5.56 Å². The molecule has 0 fully saturated rings. The summed E-state index contributed by atoms with van der Waals surface area (Å²) in [5, 5.41) is 5.04. The van der Waals surface area contributed by atoms with Crippen molar-refractivity contribution in [1.82, 2.24) is 0 Å². The Bertz CT molecular complexity index is 497. The first kappa shape index (κ1) is 11.7. The molecule has 0 spiro atoms. The molecular formula is C10H11NO3S. The highest BCUT2D eigenvalue weighted by atomic mass is 32.2. The zero-order chi connectivity index (χ0) is 11.3. The van der Waals surface area contributed by atoms with E-state index < -0.39 is 10.0 Å². The molecule has 15 heavy (non-hydrogen) atoms. The molecule has 0 aliphatic heterocycles. The van der Waals surface area contributed by atoms with Gasteiger partial charge >= 0.3 is 0 Å². The van der Waals surface area contributed by atoms with Crippen LogP contribution >= 0.6 is 0 Å². The first-order chi connectivity index (χ1) is 7.05. The van der Waals surface area contributed by atoms with Gasteiger partial charge in [-0.05, 0) is 12.1 Å². The van der Waals surface area contributed by atoms with Crippen molar-refractivity contribution in [2.24, 2.45) is 5.14 Å². The molecule has 0 aromatic heterocycles. The van der Waals surface area contributed by atoms with Gasteiger partial charge < -0.3 is 4.74 Å². The molecule has 0 aliphatic rings. The minimum atomic E-state index is -3.71. The molecule has 0 amide bonds. The smallest absolute Gasteiger partial charge is 0.239 e. The second kappa shape index (κ2) is 4.94. The summed E-state index contributed by atoms with van der Waals surface area (Å²) in [6.07, 6.45) is 0. The van der Waals surface area contributed by atoms with Gasteiger partial charge in [0, 0.05) is 12.7 Å². The Labute approximate surface area is 89.1 Å². The number of hydrogen-bond acceptors (Lipinski definition) is 3. The molecule has 80 valence electrons. The van der Waals surface area contributed by atoms with Crippen LogP contribution in [0.4, 0.5) is 0 Å². The fraction of sp³-hybridized carbons (Fsp3) is 0.200. The maximum atomic E-state index is 11.2. The monoisotopic (exact) mass is 225 g/mol. The van der Waals surface area contributed by atoms with Crippen molar-refractivity contribution in [2.75, 3.05) is 13.7 Å². The van der Waals surface area contributed by atoms with Crippen molar-refractivity contribution in [2.45, 2.75) is 4.90 Å². The van der Waals surface area contributed by atoms with Crippen LogP contribution in [0, 0.1) is 11.8 Å². The molecule has 4 nitrogen and oxygen atoms in total. The zero-order valence-corrected chi connectivity index (χ0v) is 9.04. The lowest BCUT2D eigenvalue weighted by molar-refractivity contribution is 0.240. The number of methoxy groups -OCH3 is 1. The van der Waals surface area contributed by atoms with Gasteiger partial charge in [0.25, 0.3) is 0 Å². The molecule has 0 aliphatic carbocycles. The van der Waals surface area contributed by atoms with Crippen LogP contribution < -0.4 is 5.14 Å². The predicted octanol–water partition coefficient (Wildman–Crippen LogP) is 0.332. The van der Waals surface area contributed by atoms with Crippen molar-refractivity contribution in [1.29, 1.82) is 0 Å². The fourth-order valence-electron chi connectivity index (χ4n) is 1.02. The van der Waals surface area contributed by atoms with Gasteiger partial charge in [0.1, 0.15) is 6.61 Å². The number of primary sulfonamides is 1. The summed E-state index contributed by atoms with van der Waals surface area (Å²) in [4.78, 5) is 0.0357. The molecule has 5 heteroatoms. The van der Waals surface area contributed by atoms with Crippen LogP contribution in [-0.4, -0.2) is 22.1 Å². The van der Waals surface area contributed by atoms with E-state index in [1.165, 1.54) is 13.2 Å². The molecular weight excluding hydrogens is 214 g/mol. The molecule has 0 heterocycles. The van der Waals surface area contributed by atoms with Gasteiger partial charge in [0.05, 0.1) is 4.90 Å². The highest BCUT2D eigenvalue weighted by molar-refractivity contribution is 7.89. The summed E-state index contributed by atoms with van der Waals surface area (Å²) in [5.74, 6) is 5.36. The van der Waals surface area contributed by atoms with Gasteiger partial charge in [0.2, 0.25) is 10.0 Å². The topological polar surface area (TPSA) is 69.4 Å². The number of benzene rings is 1. The molecule has 1 aromatic rings. The standard InChI is InChI=1S/C10H11NO3S/c1-14-8-4-6-9-5-2-3-7-10(9)15(11,12)13/h2-3,5,7H,8H2,1H3,(H2,11,12,13). The Morgan fingerprint density at radius 2 is 2.07 bits per heavy atom. The molecule has 0 unspecified atom stereocenters. The number of sulfonamides is 1. The molecule has 2 N–H and O–H groups in total. The summed E-state index contributed by atoms with van der Waals surface area (Å²) in [5.41, 5.74) is 0.386. The fourth-order valence-corrected chi connectivity index (χ4v) is 1.72. The Hall–Kier alpha value is -1.35. The van der Waals surface area contributed by atoms with Gasteiger partial charge in [-0.15, -0.1) is 0 Å². The molecule has 0 saturated carbocycles. The Balaban J connectivity index is 3.15. The first-order valence-electron chi connectivity index (χ1n) is 4.15. The summed E-state index contributed by atoms with van der Waals surface area (Å²) >= 11 is 0. The third-order valence-corrected chi connectivity index (χ3v) is 2.60. The van der Waals surface area contributed by atoms with Crippen molar-refractivity contribution in [3.63, 3.8) is 0 Å². The van der Waals surface area contributed by atoms with E-state index in [0.717, 1.165) is 0 Å². The number of hydrogen-bond donors (Lipinski definition) is 1. The van der Waals surface area contributed by atoms with Crippen LogP contribution in [-0.2, 0) is 14.8 Å². The minimum Gasteiger partial charge on any atom is -0.372 e. The highest BCUT2D eigenvalue weighted by Gasteiger charge is 2.10. The van der Waals surface area contributed by atoms with Crippen LogP contribution in [0.15, 0.2) is 29.2 Å². The van der Waals surface area contributed by atoms with Crippen LogP contribution in [0.25, 0.3) is 0 Å². The van der Waals surface area contributed by atoms with E-state index >= 15 is 0 Å². The van der Waals surface area contributed by atoms with Gasteiger partial charge in [-0.2, -0.15) is 0 Å². The normalized spacial score (nSPS) is 10.5. The highest BCUT2D eigenvalue weighted by Crippen LogP contribution is 2.11. The lowest BCUT2D eigenvalue weighted by Crippen LogP contribution is -2.13. The second-order valence-corrected chi connectivity index (χ2v) is 4.31. The van der Waals surface area contributed by atoms with Crippen molar-refractivity contribution in [3.05, 3.63) is 29.8 Å². The lowest BCUT2D eigenvalue weighted by atomic mass is 10.2. The summed E-state index contributed by atoms with van der Waals surface area (Å²) in [6.45, 7) is 0.249. The number of nitrogens with two attached hydrogens (primary N) is 1. The lowest BCUT2D eigenvalue weighted by Gasteiger charge is -2.00. The number of ether oxygens (including phenoxy) is 1. The molecule has 0 saturated heterocycles. The van der Waals surface area contributed by atoms with Crippen LogP contribution in [0.1, 0.15) is 5.56 Å². The van der Waals surface area contributed by atoms with E-state index in [4.69, 9.17) is 9.88 Å². The third kappa shape index (κ3) is 3.36. The van der Waals surface area contributed by atoms with E-state index in [-0.39, 0.29) is 11.5 Å². The molecule has 1 aromatic carbocycles. The van der Waals surface area contributed by atoms with Crippen LogP contribution in [0.2, 0.25) is 0 Å². The van der Waals surface area contributed by atoms with E-state index in [9.17, 15) is 8.42 Å². The largest absolute Gasteiger partial charge is 0.372 e. The summed E-state index contributed by atoms with van der Waals surface area (Å²) in [7, 11) is -2.20. The van der Waals surface area contributed by atoms with Crippen LogP contribution in [0.3, 0.4) is 0 Å². The van der Waals surface area contributed by atoms with Crippen molar-refractivity contribution >= 4 is 10.0 Å². The van der Waals surface area contributed by atoms with Gasteiger partial charge in [0.15, 0.2) is 0 Å². The Morgan fingerprint density at radius 1 is 1.40 bits per heavy atom. The average Bonchev–Trinajstić information content (AvgIpc) is 2.17. The zero-order valence-electron chi connectivity index (χ0n) is 8.23. The number of rotatable bonds is 2. The molecule has 1 rings (SSSR count). The van der Waals surface area contributed by atoms with Crippen LogP contribution in [0.5, 0.6) is 0 Å². The third-order valence-electron chi connectivity index (χ3n) is 1.63. The summed E-state index contributed by atoms with van der Waals surface area (Å²) in [6, 6.07) is 6.32. The molecule has 0 bridgehead atoms. The molecule has 0 radical (unpaired) electrons.